The quantitative estimate of drug-likeness (QED) is 0.391. The first-order chi connectivity index (χ1) is 17.3. The highest BCUT2D eigenvalue weighted by Gasteiger charge is 2.77. The number of nitrogens with zero attached hydrogens (tertiary/aromatic N) is 1. The molecule has 2 amide bonds. The van der Waals surface area contributed by atoms with E-state index >= 15 is 0 Å². The van der Waals surface area contributed by atoms with Gasteiger partial charge in [-0.2, -0.15) is 0 Å². The molecule has 7 nitrogen and oxygen atoms in total. The lowest BCUT2D eigenvalue weighted by Gasteiger charge is -2.34. The van der Waals surface area contributed by atoms with Gasteiger partial charge < -0.3 is 20.1 Å². The highest BCUT2D eigenvalue weighted by Crippen LogP contribution is 2.71. The lowest BCUT2D eigenvalue weighted by molar-refractivity contribution is -0.155. The van der Waals surface area contributed by atoms with E-state index in [1.54, 1.807) is 23.6 Å². The second kappa shape index (κ2) is 9.71. The molecule has 2 bridgehead atoms. The van der Waals surface area contributed by atoms with Crippen molar-refractivity contribution in [1.29, 1.82) is 0 Å². The van der Waals surface area contributed by atoms with Crippen LogP contribution in [0.5, 0.6) is 0 Å². The number of aliphatic hydroxyl groups is 1. The number of unbranched alkanes of at least 4 members (excludes halogenated alkanes) is 2. The fourth-order valence-electron chi connectivity index (χ4n) is 6.60. The largest absolute Gasteiger partial charge is 0.466 e. The third-order valence-electron chi connectivity index (χ3n) is 8.14. The third-order valence-corrected chi connectivity index (χ3v) is 10.1. The number of thioether (sulfide) groups is 1. The van der Waals surface area contributed by atoms with Gasteiger partial charge in [-0.3, -0.25) is 14.4 Å². The number of rotatable bonds is 9. The number of likely N-dealkylation sites (tertiary alicyclic amines) is 1. The Morgan fingerprint density at radius 2 is 1.92 bits per heavy atom. The predicted octanol–water partition coefficient (Wildman–Crippen LogP) is 3.99. The van der Waals surface area contributed by atoms with Gasteiger partial charge in [-0.1, -0.05) is 30.3 Å². The molecular weight excluding hydrogens is 476 g/mol. The Kier molecular flexibility index (Phi) is 6.76. The molecule has 0 saturated carbocycles. The standard InChI is InChI=1S/C28H34N2O5S/c1-3-35-26(34)22-21-25(33)30(15-7-4-8-16-31)23(28(21)14-13-27(22,2)36-28)24(32)29-20-12-11-18-9-5-6-10-19(18)17-20/h5-6,9-12,17,21-23,31H,3-4,7-8,13-16H2,1-2H3,(H,29,32)/t21-,22-,23?,27+,28?/m0/s1. The van der Waals surface area contributed by atoms with Crippen molar-refractivity contribution in [2.24, 2.45) is 11.8 Å². The summed E-state index contributed by atoms with van der Waals surface area (Å²) in [5.41, 5.74) is 0.692. The van der Waals surface area contributed by atoms with Crippen molar-refractivity contribution in [3.8, 4) is 0 Å². The maximum atomic E-state index is 14.0. The molecule has 2 aromatic rings. The molecule has 2 aromatic carbocycles. The molecule has 36 heavy (non-hydrogen) atoms. The number of carbonyl (C=O) groups excluding carboxylic acids is 3. The van der Waals surface area contributed by atoms with E-state index in [-0.39, 0.29) is 31.0 Å². The Hall–Kier alpha value is -2.58. The van der Waals surface area contributed by atoms with Crippen LogP contribution in [0.15, 0.2) is 42.5 Å². The number of hydrogen-bond donors (Lipinski definition) is 2. The number of esters is 1. The smallest absolute Gasteiger partial charge is 0.311 e. The van der Waals surface area contributed by atoms with Crippen LogP contribution in [-0.2, 0) is 19.1 Å². The van der Waals surface area contributed by atoms with E-state index in [0.717, 1.165) is 23.6 Å². The van der Waals surface area contributed by atoms with Crippen LogP contribution in [0.4, 0.5) is 5.69 Å². The molecule has 0 radical (unpaired) electrons. The summed E-state index contributed by atoms with van der Waals surface area (Å²) in [6.07, 6.45) is 3.60. The summed E-state index contributed by atoms with van der Waals surface area (Å²) >= 11 is 1.65. The predicted molar refractivity (Wildman–Crippen MR) is 141 cm³/mol. The number of anilines is 1. The van der Waals surface area contributed by atoms with Gasteiger partial charge in [-0.05, 0) is 68.9 Å². The van der Waals surface area contributed by atoms with Crippen LogP contribution < -0.4 is 5.32 Å². The van der Waals surface area contributed by atoms with Gasteiger partial charge in [0.05, 0.1) is 23.2 Å². The van der Waals surface area contributed by atoms with Crippen LogP contribution in [0, 0.1) is 11.8 Å². The second-order valence-corrected chi connectivity index (χ2v) is 12.2. The van der Waals surface area contributed by atoms with E-state index in [1.165, 1.54) is 0 Å². The van der Waals surface area contributed by atoms with Crippen molar-refractivity contribution in [2.45, 2.75) is 61.5 Å². The van der Waals surface area contributed by atoms with Crippen LogP contribution in [0.2, 0.25) is 0 Å². The lowest BCUT2D eigenvalue weighted by atomic mass is 9.66. The monoisotopic (exact) mass is 510 g/mol. The van der Waals surface area contributed by atoms with Crippen molar-refractivity contribution in [3.63, 3.8) is 0 Å². The average molecular weight is 511 g/mol. The van der Waals surface area contributed by atoms with Gasteiger partial charge >= 0.3 is 5.97 Å². The number of carbonyl (C=O) groups is 3. The first-order valence-electron chi connectivity index (χ1n) is 12.9. The number of nitrogens with one attached hydrogen (secondary N) is 1. The van der Waals surface area contributed by atoms with Gasteiger partial charge in [-0.15, -0.1) is 11.8 Å². The molecular formula is C28H34N2O5S. The van der Waals surface area contributed by atoms with Gasteiger partial charge in [0.2, 0.25) is 11.8 Å². The Balaban J connectivity index is 1.48. The molecule has 2 N–H and O–H groups in total. The molecule has 1 spiro atoms. The van der Waals surface area contributed by atoms with E-state index in [4.69, 9.17) is 4.74 Å². The van der Waals surface area contributed by atoms with Gasteiger partial charge in [-0.25, -0.2) is 0 Å². The van der Waals surface area contributed by atoms with Gasteiger partial charge in [0.1, 0.15) is 6.04 Å². The Labute approximate surface area is 215 Å². The first-order valence-corrected chi connectivity index (χ1v) is 13.7. The summed E-state index contributed by atoms with van der Waals surface area (Å²) in [5.74, 6) is -1.77. The number of amides is 2. The first kappa shape index (κ1) is 25.1. The molecule has 3 aliphatic rings. The fraction of sp³-hybridized carbons (Fsp3) is 0.536. The minimum Gasteiger partial charge on any atom is -0.466 e. The maximum absolute atomic E-state index is 14.0. The summed E-state index contributed by atoms with van der Waals surface area (Å²) < 4.78 is 4.35. The highest BCUT2D eigenvalue weighted by molar-refractivity contribution is 8.02. The van der Waals surface area contributed by atoms with E-state index in [1.807, 2.05) is 49.4 Å². The van der Waals surface area contributed by atoms with Crippen molar-refractivity contribution in [1.82, 2.24) is 4.90 Å². The van der Waals surface area contributed by atoms with Crippen LogP contribution >= 0.6 is 11.8 Å². The number of hydrogen-bond acceptors (Lipinski definition) is 6. The molecule has 5 atom stereocenters. The number of fused-ring (bicyclic) bond motifs is 2. The zero-order valence-corrected chi connectivity index (χ0v) is 21.7. The SMILES string of the molecule is CCOC(=O)[C@@H]1[C@H]2C(=O)N(CCCCCO)C(C(=O)Nc3ccc4ccccc4c3)C23CC[C@@]1(C)S3. The average Bonchev–Trinajstić information content (AvgIpc) is 3.42. The molecule has 3 aliphatic heterocycles. The lowest BCUT2D eigenvalue weighted by Crippen LogP contribution is -2.51. The Bertz CT molecular complexity index is 1190. The summed E-state index contributed by atoms with van der Waals surface area (Å²) in [7, 11) is 0. The molecule has 3 fully saturated rings. The summed E-state index contributed by atoms with van der Waals surface area (Å²) in [5, 5.41) is 14.4. The molecule has 3 heterocycles. The van der Waals surface area contributed by atoms with Crippen molar-refractivity contribution in [3.05, 3.63) is 42.5 Å². The number of aliphatic hydroxyl groups excluding tert-OH is 1. The fourth-order valence-corrected chi connectivity index (χ4v) is 8.95. The number of ether oxygens (including phenoxy) is 1. The molecule has 3 saturated heterocycles. The third kappa shape index (κ3) is 3.98. The van der Waals surface area contributed by atoms with E-state index in [9.17, 15) is 19.5 Å². The Morgan fingerprint density at radius 1 is 1.14 bits per heavy atom. The van der Waals surface area contributed by atoms with Gasteiger partial charge in [0, 0.05) is 23.6 Å². The van der Waals surface area contributed by atoms with E-state index in [2.05, 4.69) is 5.32 Å². The normalized spacial score (nSPS) is 30.6. The zero-order chi connectivity index (χ0) is 25.5. The van der Waals surface area contributed by atoms with Crippen LogP contribution in [0.25, 0.3) is 10.8 Å². The highest BCUT2D eigenvalue weighted by atomic mass is 32.2. The molecule has 192 valence electrons. The summed E-state index contributed by atoms with van der Waals surface area (Å²) in [6.45, 7) is 4.62. The molecule has 0 aromatic heterocycles. The van der Waals surface area contributed by atoms with Gasteiger partial charge in [0.25, 0.3) is 0 Å². The minimum absolute atomic E-state index is 0.103. The van der Waals surface area contributed by atoms with Crippen LogP contribution in [-0.4, -0.2) is 63.1 Å². The minimum atomic E-state index is -0.665. The molecule has 5 rings (SSSR count). The second-order valence-electron chi connectivity index (χ2n) is 10.3. The van der Waals surface area contributed by atoms with Crippen molar-refractivity contribution >= 4 is 46.0 Å². The Morgan fingerprint density at radius 3 is 2.67 bits per heavy atom. The van der Waals surface area contributed by atoms with E-state index < -0.39 is 27.4 Å². The van der Waals surface area contributed by atoms with Gasteiger partial charge in [0.15, 0.2) is 0 Å². The van der Waals surface area contributed by atoms with Crippen molar-refractivity contribution < 1.29 is 24.2 Å². The van der Waals surface area contributed by atoms with E-state index in [0.29, 0.717) is 31.5 Å². The molecule has 2 unspecified atom stereocenters. The van der Waals surface area contributed by atoms with Crippen LogP contribution in [0.3, 0.4) is 0 Å². The molecule has 0 aliphatic carbocycles. The molecule has 8 heteroatoms. The maximum Gasteiger partial charge on any atom is 0.311 e. The van der Waals surface area contributed by atoms with Crippen LogP contribution in [0.1, 0.15) is 46.0 Å². The van der Waals surface area contributed by atoms with Crippen molar-refractivity contribution in [2.75, 3.05) is 25.1 Å². The summed E-state index contributed by atoms with van der Waals surface area (Å²) in [6, 6.07) is 13.1. The topological polar surface area (TPSA) is 95.9 Å². The number of benzene rings is 2. The zero-order valence-electron chi connectivity index (χ0n) is 20.9. The summed E-state index contributed by atoms with van der Waals surface area (Å²) in [4.78, 5) is 42.7.